The van der Waals surface area contributed by atoms with Gasteiger partial charge in [0.2, 0.25) is 0 Å². The van der Waals surface area contributed by atoms with Crippen LogP contribution in [-0.2, 0) is 13.5 Å². The van der Waals surface area contributed by atoms with Gasteiger partial charge in [0, 0.05) is 26.2 Å². The Hall–Kier alpha value is -1.23. The van der Waals surface area contributed by atoms with Crippen LogP contribution < -0.4 is 10.6 Å². The molecule has 1 aliphatic carbocycles. The Morgan fingerprint density at radius 1 is 1.50 bits per heavy atom. The number of hydrogen-bond acceptors (Lipinski definition) is 4. The van der Waals surface area contributed by atoms with Gasteiger partial charge >= 0.3 is 0 Å². The molecule has 0 amide bonds. The molecule has 1 aromatic rings. The Balaban J connectivity index is 2.25. The summed E-state index contributed by atoms with van der Waals surface area (Å²) in [6.45, 7) is 3.15. The van der Waals surface area contributed by atoms with E-state index < -0.39 is 0 Å². The normalized spacial score (nSPS) is 15.7. The molecule has 0 radical (unpaired) electrons. The summed E-state index contributed by atoms with van der Waals surface area (Å²) in [5.74, 6) is 1.03. The Kier molecular flexibility index (Phi) is 4.11. The summed E-state index contributed by atoms with van der Waals surface area (Å²) < 4.78 is 1.89. The highest BCUT2D eigenvalue weighted by Gasteiger charge is 2.29. The van der Waals surface area contributed by atoms with Crippen LogP contribution in [0.3, 0.4) is 0 Å². The monoisotopic (exact) mass is 252 g/mol. The molecule has 5 heteroatoms. The van der Waals surface area contributed by atoms with E-state index in [1.54, 1.807) is 0 Å². The second kappa shape index (κ2) is 5.61. The maximum Gasteiger partial charge on any atom is 0.150 e. The highest BCUT2D eigenvalue weighted by Crippen LogP contribution is 2.34. The predicted molar refractivity (Wildman–Crippen MR) is 73.7 cm³/mol. The SMILES string of the molecule is CCc1nn(C)c(N(CCCO)C2CCC2)c1N. The Morgan fingerprint density at radius 2 is 2.22 bits per heavy atom. The number of aryl methyl sites for hydroxylation is 2. The van der Waals surface area contributed by atoms with Crippen molar-refractivity contribution >= 4 is 11.5 Å². The van der Waals surface area contributed by atoms with Gasteiger partial charge in [-0.3, -0.25) is 4.68 Å². The quantitative estimate of drug-likeness (QED) is 0.801. The van der Waals surface area contributed by atoms with Gasteiger partial charge in [-0.15, -0.1) is 0 Å². The molecule has 0 aromatic carbocycles. The molecule has 0 bridgehead atoms. The van der Waals surface area contributed by atoms with E-state index in [1.807, 2.05) is 11.7 Å². The first-order valence-electron chi connectivity index (χ1n) is 6.87. The molecular weight excluding hydrogens is 228 g/mol. The first-order chi connectivity index (χ1) is 8.69. The first-order valence-corrected chi connectivity index (χ1v) is 6.87. The maximum atomic E-state index is 9.04. The number of rotatable bonds is 6. The van der Waals surface area contributed by atoms with Crippen molar-refractivity contribution in [3.8, 4) is 0 Å². The number of nitrogens with two attached hydrogens (primary N) is 1. The molecule has 0 aliphatic heterocycles. The van der Waals surface area contributed by atoms with Crippen LogP contribution in [0.5, 0.6) is 0 Å². The van der Waals surface area contributed by atoms with Crippen LogP contribution in [0.1, 0.15) is 38.3 Å². The Morgan fingerprint density at radius 3 is 2.67 bits per heavy atom. The van der Waals surface area contributed by atoms with Crippen molar-refractivity contribution in [2.75, 3.05) is 23.8 Å². The number of aliphatic hydroxyl groups is 1. The minimum Gasteiger partial charge on any atom is -0.396 e. The number of nitrogen functional groups attached to an aromatic ring is 1. The topological polar surface area (TPSA) is 67.3 Å². The summed E-state index contributed by atoms with van der Waals surface area (Å²) in [7, 11) is 1.95. The largest absolute Gasteiger partial charge is 0.396 e. The first kappa shape index (κ1) is 13.2. The fourth-order valence-electron chi connectivity index (χ4n) is 2.59. The van der Waals surface area contributed by atoms with Gasteiger partial charge in [-0.25, -0.2) is 0 Å². The number of aliphatic hydroxyl groups excluding tert-OH is 1. The van der Waals surface area contributed by atoms with E-state index in [4.69, 9.17) is 10.8 Å². The highest BCUT2D eigenvalue weighted by molar-refractivity contribution is 5.67. The van der Waals surface area contributed by atoms with Gasteiger partial charge in [0.15, 0.2) is 5.82 Å². The Labute approximate surface area is 109 Å². The molecule has 1 heterocycles. The lowest BCUT2D eigenvalue weighted by Crippen LogP contribution is -2.42. The molecule has 0 unspecified atom stereocenters. The van der Waals surface area contributed by atoms with E-state index in [2.05, 4.69) is 16.9 Å². The van der Waals surface area contributed by atoms with Gasteiger partial charge in [0.05, 0.1) is 11.4 Å². The second-order valence-electron chi connectivity index (χ2n) is 5.02. The molecule has 3 N–H and O–H groups in total. The average Bonchev–Trinajstić information content (AvgIpc) is 2.57. The molecular formula is C13H24N4O. The van der Waals surface area contributed by atoms with Crippen molar-refractivity contribution in [3.63, 3.8) is 0 Å². The predicted octanol–water partition coefficient (Wildman–Crippen LogP) is 1.31. The lowest BCUT2D eigenvalue weighted by molar-refractivity contribution is 0.282. The summed E-state index contributed by atoms with van der Waals surface area (Å²) in [6.07, 6.45) is 5.37. The van der Waals surface area contributed by atoms with Crippen molar-refractivity contribution in [3.05, 3.63) is 5.69 Å². The van der Waals surface area contributed by atoms with Crippen LogP contribution in [0.4, 0.5) is 11.5 Å². The Bertz CT molecular complexity index is 398. The van der Waals surface area contributed by atoms with Crippen molar-refractivity contribution < 1.29 is 5.11 Å². The van der Waals surface area contributed by atoms with E-state index in [0.717, 1.165) is 36.6 Å². The molecule has 102 valence electrons. The van der Waals surface area contributed by atoms with Crippen molar-refractivity contribution in [2.45, 2.75) is 45.1 Å². The van der Waals surface area contributed by atoms with Crippen molar-refractivity contribution in [2.24, 2.45) is 7.05 Å². The molecule has 0 saturated heterocycles. The van der Waals surface area contributed by atoms with Crippen molar-refractivity contribution in [1.29, 1.82) is 0 Å². The van der Waals surface area contributed by atoms with E-state index in [1.165, 1.54) is 19.3 Å². The molecule has 18 heavy (non-hydrogen) atoms. The average molecular weight is 252 g/mol. The molecule has 5 nitrogen and oxygen atoms in total. The van der Waals surface area contributed by atoms with Gasteiger partial charge in [-0.05, 0) is 32.1 Å². The van der Waals surface area contributed by atoms with Crippen LogP contribution >= 0.6 is 0 Å². The van der Waals surface area contributed by atoms with Gasteiger partial charge in [-0.1, -0.05) is 6.92 Å². The number of anilines is 2. The number of nitrogens with zero attached hydrogens (tertiary/aromatic N) is 3. The van der Waals surface area contributed by atoms with Crippen LogP contribution in [0, 0.1) is 0 Å². The third-order valence-electron chi connectivity index (χ3n) is 3.81. The van der Waals surface area contributed by atoms with Gasteiger partial charge in [0.25, 0.3) is 0 Å². The second-order valence-corrected chi connectivity index (χ2v) is 5.02. The molecule has 1 saturated carbocycles. The van der Waals surface area contributed by atoms with E-state index in [9.17, 15) is 0 Å². The summed E-state index contributed by atoms with van der Waals surface area (Å²) in [5.41, 5.74) is 8.00. The van der Waals surface area contributed by atoms with Gasteiger partial charge in [-0.2, -0.15) is 5.10 Å². The number of hydrogen-bond donors (Lipinski definition) is 2. The summed E-state index contributed by atoms with van der Waals surface area (Å²) in [5, 5.41) is 13.5. The van der Waals surface area contributed by atoms with E-state index in [-0.39, 0.29) is 6.61 Å². The standard InChI is InChI=1S/C13H24N4O/c1-3-11-12(14)13(16(2)15-11)17(8-5-9-18)10-6-4-7-10/h10,18H,3-9,14H2,1-2H3. The fraction of sp³-hybridized carbons (Fsp3) is 0.769. The van der Waals surface area contributed by atoms with Crippen LogP contribution in [0.2, 0.25) is 0 Å². The molecule has 0 atom stereocenters. The molecule has 1 aliphatic rings. The third-order valence-corrected chi connectivity index (χ3v) is 3.81. The minimum atomic E-state index is 0.224. The smallest absolute Gasteiger partial charge is 0.150 e. The highest BCUT2D eigenvalue weighted by atomic mass is 16.3. The van der Waals surface area contributed by atoms with Gasteiger partial charge in [0.1, 0.15) is 0 Å². The lowest BCUT2D eigenvalue weighted by atomic mass is 9.91. The third kappa shape index (κ3) is 2.32. The summed E-state index contributed by atoms with van der Waals surface area (Å²) in [4.78, 5) is 2.33. The summed E-state index contributed by atoms with van der Waals surface area (Å²) in [6, 6.07) is 0.568. The van der Waals surface area contributed by atoms with Crippen LogP contribution in [0.15, 0.2) is 0 Å². The number of aromatic nitrogens is 2. The van der Waals surface area contributed by atoms with Crippen LogP contribution in [0.25, 0.3) is 0 Å². The molecule has 1 fully saturated rings. The summed E-state index contributed by atoms with van der Waals surface area (Å²) >= 11 is 0. The van der Waals surface area contributed by atoms with Crippen molar-refractivity contribution in [1.82, 2.24) is 9.78 Å². The van der Waals surface area contributed by atoms with E-state index in [0.29, 0.717) is 6.04 Å². The van der Waals surface area contributed by atoms with Crippen LogP contribution in [-0.4, -0.2) is 34.1 Å². The molecule has 2 rings (SSSR count). The zero-order valence-electron chi connectivity index (χ0n) is 11.4. The maximum absolute atomic E-state index is 9.04. The molecule has 0 spiro atoms. The molecule has 1 aromatic heterocycles. The zero-order valence-corrected chi connectivity index (χ0v) is 11.4. The minimum absolute atomic E-state index is 0.224. The fourth-order valence-corrected chi connectivity index (χ4v) is 2.59. The zero-order chi connectivity index (χ0) is 13.1. The lowest BCUT2D eigenvalue weighted by Gasteiger charge is -2.39. The van der Waals surface area contributed by atoms with E-state index >= 15 is 0 Å². The van der Waals surface area contributed by atoms with Gasteiger partial charge < -0.3 is 15.7 Å².